The van der Waals surface area contributed by atoms with Crippen molar-refractivity contribution >= 4 is 40.2 Å². The number of hydrogen-bond donors (Lipinski definition) is 0. The normalized spacial score (nSPS) is 19.1. The molecule has 2 aromatic carbocycles. The second kappa shape index (κ2) is 8.20. The maximum atomic E-state index is 14.2. The standard InChI is InChI=1S/C28H31N5O3/c1-17-15-22-23(31(4)28(36)30(22)3)16-21(17)33-20-10-8-18-7-9-19(25(27(33)35)24(18)26(20)34)29(2)13-14-32-11-5-6-12-32/h7-10,15-16,20H,5-6,11-14H2,1-4H3. The van der Waals surface area contributed by atoms with E-state index < -0.39 is 6.04 Å². The van der Waals surface area contributed by atoms with Gasteiger partial charge in [-0.2, -0.15) is 0 Å². The molecule has 1 saturated heterocycles. The largest absolute Gasteiger partial charge is 0.373 e. The topological polar surface area (TPSA) is 70.8 Å². The molecule has 0 saturated carbocycles. The number of anilines is 2. The van der Waals surface area contributed by atoms with Gasteiger partial charge in [0.1, 0.15) is 6.04 Å². The number of aromatic nitrogens is 2. The molecule has 2 bridgehead atoms. The zero-order chi connectivity index (χ0) is 25.3. The average Bonchev–Trinajstić information content (AvgIpc) is 3.46. The first-order valence-electron chi connectivity index (χ1n) is 12.6. The Labute approximate surface area is 210 Å². The highest BCUT2D eigenvalue weighted by atomic mass is 16.2. The number of Topliss-reactive ketones (excluding diaryl/α,β-unsaturated/α-hetero) is 1. The third kappa shape index (κ3) is 3.20. The van der Waals surface area contributed by atoms with Crippen molar-refractivity contribution in [2.45, 2.75) is 25.8 Å². The Kier molecular flexibility index (Phi) is 5.19. The van der Waals surface area contributed by atoms with Crippen LogP contribution in [0.25, 0.3) is 17.1 Å². The van der Waals surface area contributed by atoms with E-state index in [2.05, 4.69) is 9.80 Å². The van der Waals surface area contributed by atoms with Crippen LogP contribution in [-0.4, -0.2) is 65.0 Å². The van der Waals surface area contributed by atoms with E-state index in [0.717, 1.165) is 54.0 Å². The molecule has 36 heavy (non-hydrogen) atoms. The number of likely N-dealkylation sites (N-methyl/N-ethyl adjacent to an activating group) is 1. The van der Waals surface area contributed by atoms with Gasteiger partial charge in [0.2, 0.25) is 0 Å². The molecule has 186 valence electrons. The fourth-order valence-electron chi connectivity index (χ4n) is 6.00. The molecule has 1 amide bonds. The van der Waals surface area contributed by atoms with Crippen molar-refractivity contribution in [3.05, 3.63) is 63.1 Å². The van der Waals surface area contributed by atoms with Crippen LogP contribution in [0.15, 0.2) is 35.1 Å². The quantitative estimate of drug-likeness (QED) is 0.556. The Balaban J connectivity index is 1.46. The molecule has 3 aromatic rings. The molecule has 1 fully saturated rings. The number of fused-ring (bicyclic) bond motifs is 2. The van der Waals surface area contributed by atoms with E-state index in [1.807, 2.05) is 50.4 Å². The van der Waals surface area contributed by atoms with Crippen LogP contribution in [0.2, 0.25) is 0 Å². The summed E-state index contributed by atoms with van der Waals surface area (Å²) in [6, 6.07) is 7.01. The van der Waals surface area contributed by atoms with Crippen LogP contribution >= 0.6 is 0 Å². The zero-order valence-corrected chi connectivity index (χ0v) is 21.2. The molecule has 1 aromatic heterocycles. The molecule has 0 spiro atoms. The first-order valence-corrected chi connectivity index (χ1v) is 12.6. The molecular formula is C28H31N5O3. The molecule has 2 aliphatic heterocycles. The van der Waals surface area contributed by atoms with Crippen LogP contribution in [0.1, 0.15) is 44.7 Å². The van der Waals surface area contributed by atoms with Crippen LogP contribution in [0, 0.1) is 6.92 Å². The van der Waals surface area contributed by atoms with Gasteiger partial charge in [-0.3, -0.25) is 23.6 Å². The molecule has 3 heterocycles. The second-order valence-corrected chi connectivity index (χ2v) is 10.3. The van der Waals surface area contributed by atoms with Crippen LogP contribution in [0.4, 0.5) is 11.4 Å². The smallest absolute Gasteiger partial charge is 0.328 e. The minimum atomic E-state index is -0.695. The Morgan fingerprint density at radius 3 is 2.39 bits per heavy atom. The Morgan fingerprint density at radius 2 is 1.67 bits per heavy atom. The van der Waals surface area contributed by atoms with E-state index in [1.165, 1.54) is 12.8 Å². The fourth-order valence-corrected chi connectivity index (χ4v) is 6.00. The van der Waals surface area contributed by atoms with Crippen molar-refractivity contribution in [2.75, 3.05) is 43.0 Å². The van der Waals surface area contributed by atoms with Gasteiger partial charge >= 0.3 is 5.69 Å². The van der Waals surface area contributed by atoms with Gasteiger partial charge in [-0.05, 0) is 62.2 Å². The van der Waals surface area contributed by atoms with Gasteiger partial charge < -0.3 is 9.80 Å². The van der Waals surface area contributed by atoms with Gasteiger partial charge in [0.15, 0.2) is 5.78 Å². The van der Waals surface area contributed by atoms with E-state index in [9.17, 15) is 14.4 Å². The summed E-state index contributed by atoms with van der Waals surface area (Å²) in [6.07, 6.45) is 6.24. The lowest BCUT2D eigenvalue weighted by Gasteiger charge is -2.39. The van der Waals surface area contributed by atoms with Crippen molar-refractivity contribution in [3.63, 3.8) is 0 Å². The van der Waals surface area contributed by atoms with Crippen molar-refractivity contribution in [1.29, 1.82) is 0 Å². The van der Waals surface area contributed by atoms with Gasteiger partial charge in [0.25, 0.3) is 5.91 Å². The van der Waals surface area contributed by atoms with Crippen molar-refractivity contribution < 1.29 is 9.59 Å². The molecule has 1 aliphatic carbocycles. The second-order valence-electron chi connectivity index (χ2n) is 10.3. The van der Waals surface area contributed by atoms with Crippen LogP contribution < -0.4 is 15.5 Å². The van der Waals surface area contributed by atoms with Gasteiger partial charge in [-0.15, -0.1) is 0 Å². The number of carbonyl (C=O) groups excluding carboxylic acids is 2. The lowest BCUT2D eigenvalue weighted by Crippen LogP contribution is -2.51. The maximum Gasteiger partial charge on any atom is 0.328 e. The first kappa shape index (κ1) is 22.8. The Morgan fingerprint density at radius 1 is 0.972 bits per heavy atom. The number of benzene rings is 2. The number of ketones is 1. The number of rotatable bonds is 5. The molecular weight excluding hydrogens is 454 g/mol. The number of carbonyl (C=O) groups is 2. The van der Waals surface area contributed by atoms with E-state index >= 15 is 0 Å². The zero-order valence-electron chi connectivity index (χ0n) is 21.2. The van der Waals surface area contributed by atoms with Gasteiger partial charge in [-0.1, -0.05) is 18.2 Å². The predicted molar refractivity (Wildman–Crippen MR) is 142 cm³/mol. The minimum Gasteiger partial charge on any atom is -0.373 e. The number of likely N-dealkylation sites (tertiary alicyclic amines) is 1. The first-order chi connectivity index (χ1) is 17.3. The fraction of sp³-hybridized carbons (Fsp3) is 0.393. The lowest BCUT2D eigenvalue weighted by molar-refractivity contribution is 0.0885. The highest BCUT2D eigenvalue weighted by Crippen LogP contribution is 2.40. The van der Waals surface area contributed by atoms with Crippen LogP contribution in [0.5, 0.6) is 0 Å². The summed E-state index contributed by atoms with van der Waals surface area (Å²) < 4.78 is 3.18. The summed E-state index contributed by atoms with van der Waals surface area (Å²) in [6.45, 7) is 5.87. The van der Waals surface area contributed by atoms with E-state index in [-0.39, 0.29) is 17.4 Å². The third-order valence-corrected chi connectivity index (χ3v) is 8.11. The van der Waals surface area contributed by atoms with E-state index in [1.54, 1.807) is 28.1 Å². The lowest BCUT2D eigenvalue weighted by atomic mass is 9.82. The van der Waals surface area contributed by atoms with Crippen LogP contribution in [-0.2, 0) is 14.1 Å². The summed E-state index contributed by atoms with van der Waals surface area (Å²) in [7, 11) is 5.46. The minimum absolute atomic E-state index is 0.0571. The molecule has 3 aliphatic rings. The van der Waals surface area contributed by atoms with Gasteiger partial charge in [-0.25, -0.2) is 4.79 Å². The summed E-state index contributed by atoms with van der Waals surface area (Å²) >= 11 is 0. The molecule has 6 rings (SSSR count). The van der Waals surface area contributed by atoms with E-state index in [4.69, 9.17) is 0 Å². The summed E-state index contributed by atoms with van der Waals surface area (Å²) in [5.74, 6) is -0.231. The average molecular weight is 486 g/mol. The highest BCUT2D eigenvalue weighted by Gasteiger charge is 2.43. The van der Waals surface area contributed by atoms with Gasteiger partial charge in [0, 0.05) is 39.8 Å². The molecule has 8 nitrogen and oxygen atoms in total. The molecule has 0 radical (unpaired) electrons. The highest BCUT2D eigenvalue weighted by molar-refractivity contribution is 6.28. The summed E-state index contributed by atoms with van der Waals surface area (Å²) in [5, 5.41) is 0. The molecule has 8 heteroatoms. The Hall–Kier alpha value is -3.65. The van der Waals surface area contributed by atoms with Crippen molar-refractivity contribution in [2.24, 2.45) is 14.1 Å². The van der Waals surface area contributed by atoms with E-state index in [0.29, 0.717) is 16.8 Å². The maximum absolute atomic E-state index is 14.2. The van der Waals surface area contributed by atoms with Crippen molar-refractivity contribution in [1.82, 2.24) is 14.0 Å². The number of amides is 1. The number of aryl methyl sites for hydroxylation is 3. The van der Waals surface area contributed by atoms with Crippen molar-refractivity contribution in [3.8, 4) is 0 Å². The number of hydrogen-bond acceptors (Lipinski definition) is 5. The molecule has 1 unspecified atom stereocenters. The monoisotopic (exact) mass is 485 g/mol. The summed E-state index contributed by atoms with van der Waals surface area (Å²) in [4.78, 5) is 46.7. The van der Waals surface area contributed by atoms with Crippen LogP contribution in [0.3, 0.4) is 0 Å². The molecule has 1 atom stereocenters. The molecule has 0 N–H and O–H groups in total. The third-order valence-electron chi connectivity index (χ3n) is 8.11. The number of imidazole rings is 1. The van der Waals surface area contributed by atoms with Gasteiger partial charge in [0.05, 0.1) is 28.0 Å². The number of nitrogens with zero attached hydrogens (tertiary/aromatic N) is 5. The summed E-state index contributed by atoms with van der Waals surface area (Å²) in [5.41, 5.74) is 5.48. The SMILES string of the molecule is Cc1cc2c(cc1N1C(=O)c3c(N(C)CCN4CCCC4)ccc4c3C(=O)C1C=C4)n(C)c(=O)n2C. The predicted octanol–water partition coefficient (Wildman–Crippen LogP) is 2.96. The Bertz CT molecular complexity index is 1520.